The van der Waals surface area contributed by atoms with E-state index in [1.165, 1.54) is 58.9 Å². The topological polar surface area (TPSA) is 175 Å². The van der Waals surface area contributed by atoms with Crippen molar-refractivity contribution in [1.82, 2.24) is 25.6 Å². The van der Waals surface area contributed by atoms with Crippen molar-refractivity contribution in [2.75, 3.05) is 11.5 Å². The first kappa shape index (κ1) is 21.2. The molecular formula is C18H18N6O5S2. The van der Waals surface area contributed by atoms with E-state index in [9.17, 15) is 24.6 Å². The molecule has 11 nitrogen and oxygen atoms in total. The number of β-lactam (4-membered cyclic amide) rings is 1. The van der Waals surface area contributed by atoms with E-state index in [1.54, 1.807) is 0 Å². The van der Waals surface area contributed by atoms with Crippen molar-refractivity contribution in [3.05, 3.63) is 47.3 Å². The maximum Gasteiger partial charge on any atom is 0.352 e. The molecule has 3 atom stereocenters. The molecule has 2 aliphatic rings. The number of nitrogens with zero attached hydrogens (tertiary/aromatic N) is 3. The highest BCUT2D eigenvalue weighted by Crippen LogP contribution is 2.41. The fourth-order valence-electron chi connectivity index (χ4n) is 3.29. The maximum atomic E-state index is 12.7. The van der Waals surface area contributed by atoms with Crippen molar-refractivity contribution in [1.29, 1.82) is 0 Å². The van der Waals surface area contributed by atoms with Gasteiger partial charge in [-0.3, -0.25) is 14.5 Å². The molecule has 13 heteroatoms. The maximum absolute atomic E-state index is 12.7. The van der Waals surface area contributed by atoms with Gasteiger partial charge in [0.05, 0.1) is 6.20 Å². The number of nitrogens with two attached hydrogens (primary N) is 1. The number of carbonyl (C=O) groups is 3. The summed E-state index contributed by atoms with van der Waals surface area (Å²) in [4.78, 5) is 38.4. The molecule has 31 heavy (non-hydrogen) atoms. The second kappa shape index (κ2) is 8.61. The van der Waals surface area contributed by atoms with Crippen LogP contribution in [0.25, 0.3) is 0 Å². The lowest BCUT2D eigenvalue weighted by Crippen LogP contribution is -2.71. The van der Waals surface area contributed by atoms with Crippen LogP contribution in [0.15, 0.2) is 46.8 Å². The Kier molecular flexibility index (Phi) is 5.89. The summed E-state index contributed by atoms with van der Waals surface area (Å²) in [6.45, 7) is 0. The van der Waals surface area contributed by atoms with E-state index in [-0.39, 0.29) is 11.4 Å². The predicted octanol–water partition coefficient (Wildman–Crippen LogP) is 0.0410. The average Bonchev–Trinajstić information content (AvgIpc) is 3.28. The van der Waals surface area contributed by atoms with Crippen molar-refractivity contribution >= 4 is 41.3 Å². The standard InChI is InChI=1S/C18H18N6O5S2/c19-12(8-1-3-10(25)4-2-8)15(26)21-13-16(27)24-14(18(28)29)9(7-31-17(13)24)6-30-11-5-20-23-22-11/h1-5,12-13,17,25H,6-7,19H2,(H,21,26)(H,28,29)(H,20,22,23)/t12-,13-,17-/m0/s1. The fourth-order valence-corrected chi connectivity index (χ4v) is 5.56. The predicted molar refractivity (Wildman–Crippen MR) is 112 cm³/mol. The Hall–Kier alpha value is -3.03. The lowest BCUT2D eigenvalue weighted by atomic mass is 10.0. The number of nitrogens with one attached hydrogen (secondary N) is 2. The van der Waals surface area contributed by atoms with E-state index in [4.69, 9.17) is 5.73 Å². The summed E-state index contributed by atoms with van der Waals surface area (Å²) in [7, 11) is 0. The molecule has 0 unspecified atom stereocenters. The van der Waals surface area contributed by atoms with Gasteiger partial charge in [0.25, 0.3) is 5.91 Å². The number of amides is 2. The van der Waals surface area contributed by atoms with Gasteiger partial charge in [-0.2, -0.15) is 10.3 Å². The normalized spacial score (nSPS) is 21.3. The average molecular weight is 463 g/mol. The third-order valence-electron chi connectivity index (χ3n) is 4.87. The summed E-state index contributed by atoms with van der Waals surface area (Å²) in [6, 6.07) is 3.98. The SMILES string of the molecule is N[C@H](C(=O)N[C@H]1C(=O)N2C(C(=O)O)=C(CSc3cn[nH]n3)CS[C@@H]12)c1ccc(O)cc1. The third kappa shape index (κ3) is 4.11. The zero-order chi connectivity index (χ0) is 22.1. The van der Waals surface area contributed by atoms with Crippen LogP contribution in [-0.2, 0) is 14.4 Å². The molecule has 4 rings (SSSR count). The molecule has 0 saturated carbocycles. The van der Waals surface area contributed by atoms with Crippen LogP contribution < -0.4 is 11.1 Å². The van der Waals surface area contributed by atoms with Gasteiger partial charge in [-0.15, -0.1) is 16.9 Å². The van der Waals surface area contributed by atoms with Gasteiger partial charge in [-0.05, 0) is 23.3 Å². The first-order chi connectivity index (χ1) is 14.9. The van der Waals surface area contributed by atoms with Crippen LogP contribution in [0.1, 0.15) is 11.6 Å². The number of hydrogen-bond acceptors (Lipinski definition) is 9. The number of aromatic amines is 1. The summed E-state index contributed by atoms with van der Waals surface area (Å²) in [5.41, 5.74) is 6.99. The van der Waals surface area contributed by atoms with Crippen molar-refractivity contribution in [2.24, 2.45) is 5.73 Å². The minimum absolute atomic E-state index is 0.0466. The van der Waals surface area contributed by atoms with Crippen LogP contribution in [0.2, 0.25) is 0 Å². The number of rotatable bonds is 7. The summed E-state index contributed by atoms with van der Waals surface area (Å²) >= 11 is 2.70. The molecule has 0 aliphatic carbocycles. The zero-order valence-electron chi connectivity index (χ0n) is 15.9. The number of thioether (sulfide) groups is 2. The largest absolute Gasteiger partial charge is 0.508 e. The number of carboxylic acid groups (broad SMARTS) is 1. The number of H-pyrrole nitrogens is 1. The second-order valence-corrected chi connectivity index (χ2v) is 8.92. The molecule has 0 bridgehead atoms. The van der Waals surface area contributed by atoms with Gasteiger partial charge in [-0.25, -0.2) is 4.79 Å². The first-order valence-electron chi connectivity index (χ1n) is 9.10. The molecule has 0 radical (unpaired) electrons. The van der Waals surface area contributed by atoms with E-state index in [2.05, 4.69) is 20.7 Å². The Labute approximate surface area is 184 Å². The number of fused-ring (bicyclic) bond motifs is 1. The van der Waals surface area contributed by atoms with E-state index in [0.29, 0.717) is 27.7 Å². The molecule has 3 heterocycles. The number of aromatic hydroxyl groups is 1. The summed E-state index contributed by atoms with van der Waals surface area (Å²) < 4.78 is 0. The van der Waals surface area contributed by atoms with Gasteiger partial charge in [0.2, 0.25) is 5.91 Å². The highest BCUT2D eigenvalue weighted by molar-refractivity contribution is 8.01. The monoisotopic (exact) mass is 462 g/mol. The van der Waals surface area contributed by atoms with Crippen molar-refractivity contribution in [2.45, 2.75) is 22.5 Å². The third-order valence-corrected chi connectivity index (χ3v) is 7.19. The molecule has 6 N–H and O–H groups in total. The van der Waals surface area contributed by atoms with Gasteiger partial charge in [-0.1, -0.05) is 23.9 Å². The minimum atomic E-state index is -1.19. The molecule has 2 amide bonds. The Morgan fingerprint density at radius 2 is 2.13 bits per heavy atom. The van der Waals surface area contributed by atoms with Crippen LogP contribution in [0.5, 0.6) is 5.75 Å². The smallest absolute Gasteiger partial charge is 0.352 e. The van der Waals surface area contributed by atoms with E-state index in [0.717, 1.165) is 0 Å². The molecule has 1 saturated heterocycles. The van der Waals surface area contributed by atoms with Gasteiger partial charge in [0.1, 0.15) is 33.9 Å². The first-order valence-corrected chi connectivity index (χ1v) is 11.1. The van der Waals surface area contributed by atoms with Gasteiger partial charge >= 0.3 is 5.97 Å². The van der Waals surface area contributed by atoms with E-state index in [1.807, 2.05) is 0 Å². The van der Waals surface area contributed by atoms with E-state index >= 15 is 0 Å². The van der Waals surface area contributed by atoms with Crippen molar-refractivity contribution in [3.8, 4) is 5.75 Å². The summed E-state index contributed by atoms with van der Waals surface area (Å²) in [6.07, 6.45) is 1.53. The molecule has 0 spiro atoms. The molecule has 2 aliphatic heterocycles. The quantitative estimate of drug-likeness (QED) is 0.279. The summed E-state index contributed by atoms with van der Waals surface area (Å²) in [5.74, 6) is -1.45. The Morgan fingerprint density at radius 3 is 2.77 bits per heavy atom. The van der Waals surface area contributed by atoms with Gasteiger partial charge in [0, 0.05) is 11.5 Å². The Bertz CT molecular complexity index is 1040. The highest BCUT2D eigenvalue weighted by Gasteiger charge is 2.54. The fraction of sp³-hybridized carbons (Fsp3) is 0.278. The number of phenols is 1. The number of carboxylic acids is 1. The second-order valence-electron chi connectivity index (χ2n) is 6.82. The van der Waals surface area contributed by atoms with Crippen LogP contribution in [-0.4, -0.2) is 71.2 Å². The molecule has 1 fully saturated rings. The lowest BCUT2D eigenvalue weighted by Gasteiger charge is -2.49. The summed E-state index contributed by atoms with van der Waals surface area (Å²) in [5, 5.41) is 31.9. The highest BCUT2D eigenvalue weighted by atomic mass is 32.2. The van der Waals surface area contributed by atoms with Crippen LogP contribution in [0.4, 0.5) is 0 Å². The van der Waals surface area contributed by atoms with Crippen molar-refractivity contribution < 1.29 is 24.6 Å². The van der Waals surface area contributed by atoms with Crippen LogP contribution in [0.3, 0.4) is 0 Å². The van der Waals surface area contributed by atoms with Gasteiger partial charge < -0.3 is 21.3 Å². The number of aliphatic carboxylic acids is 1. The van der Waals surface area contributed by atoms with Gasteiger partial charge in [0.15, 0.2) is 0 Å². The molecule has 1 aromatic heterocycles. The lowest BCUT2D eigenvalue weighted by molar-refractivity contribution is -0.150. The van der Waals surface area contributed by atoms with E-state index < -0.39 is 35.2 Å². The zero-order valence-corrected chi connectivity index (χ0v) is 17.5. The van der Waals surface area contributed by atoms with Crippen LogP contribution in [0, 0.1) is 0 Å². The molecule has 1 aromatic carbocycles. The Morgan fingerprint density at radius 1 is 1.39 bits per heavy atom. The Balaban J connectivity index is 1.45. The number of aromatic nitrogens is 3. The minimum Gasteiger partial charge on any atom is -0.508 e. The number of benzene rings is 1. The molecular weight excluding hydrogens is 444 g/mol. The number of hydrogen-bond donors (Lipinski definition) is 5. The van der Waals surface area contributed by atoms with Crippen LogP contribution >= 0.6 is 23.5 Å². The number of carbonyl (C=O) groups excluding carboxylic acids is 2. The van der Waals surface area contributed by atoms with Crippen molar-refractivity contribution in [3.63, 3.8) is 0 Å². The molecule has 2 aromatic rings. The number of phenolic OH excluding ortho intramolecular Hbond substituents is 1. The molecule has 162 valence electrons.